The predicted molar refractivity (Wildman–Crippen MR) is 112 cm³/mol. The Labute approximate surface area is 167 Å². The van der Waals surface area contributed by atoms with Gasteiger partial charge in [-0.2, -0.15) is 4.98 Å². The molecule has 2 aliphatic carbocycles. The van der Waals surface area contributed by atoms with Gasteiger partial charge in [-0.1, -0.05) is 38.1 Å². The summed E-state index contributed by atoms with van der Waals surface area (Å²) in [4.78, 5) is 12.2. The second-order valence-corrected chi connectivity index (χ2v) is 9.00. The van der Waals surface area contributed by atoms with E-state index in [2.05, 4.69) is 54.4 Å². The molecule has 2 aromatic rings. The zero-order valence-electron chi connectivity index (χ0n) is 16.8. The first-order chi connectivity index (χ1) is 13.6. The van der Waals surface area contributed by atoms with Crippen LogP contribution in [0.15, 0.2) is 30.3 Å². The van der Waals surface area contributed by atoms with Gasteiger partial charge in [-0.05, 0) is 42.7 Å². The van der Waals surface area contributed by atoms with Gasteiger partial charge in [-0.25, -0.2) is 4.98 Å². The summed E-state index contributed by atoms with van der Waals surface area (Å²) in [5.74, 6) is 3.20. The van der Waals surface area contributed by atoms with Crippen molar-refractivity contribution in [3.63, 3.8) is 0 Å². The molecule has 1 saturated heterocycles. The molecule has 1 aromatic heterocycles. The molecular formula is C23H30N4O. The van der Waals surface area contributed by atoms with Crippen LogP contribution in [0.4, 0.5) is 11.8 Å². The normalized spacial score (nSPS) is 24.4. The number of rotatable bonds is 6. The van der Waals surface area contributed by atoms with Crippen LogP contribution in [0.1, 0.15) is 74.2 Å². The molecule has 0 radical (unpaired) electrons. The summed E-state index contributed by atoms with van der Waals surface area (Å²) in [7, 11) is 0. The Morgan fingerprint density at radius 3 is 2.54 bits per heavy atom. The third-order valence-corrected chi connectivity index (χ3v) is 6.71. The van der Waals surface area contributed by atoms with Gasteiger partial charge in [-0.15, -0.1) is 0 Å². The molecule has 1 aromatic carbocycles. The molecule has 2 N–H and O–H groups in total. The number of fused-ring (bicyclic) bond motifs is 2. The Morgan fingerprint density at radius 1 is 1.07 bits per heavy atom. The minimum atomic E-state index is -0.0270. The van der Waals surface area contributed by atoms with Crippen molar-refractivity contribution >= 4 is 11.8 Å². The first kappa shape index (κ1) is 17.9. The van der Waals surface area contributed by atoms with Crippen LogP contribution in [0, 0.1) is 5.92 Å². The van der Waals surface area contributed by atoms with Crippen molar-refractivity contribution < 1.29 is 5.11 Å². The van der Waals surface area contributed by atoms with Gasteiger partial charge in [0.05, 0.1) is 24.4 Å². The number of hydrogen-bond acceptors (Lipinski definition) is 5. The fraction of sp³-hybridized carbons (Fsp3) is 0.565. The quantitative estimate of drug-likeness (QED) is 0.788. The molecule has 5 nitrogen and oxygen atoms in total. The van der Waals surface area contributed by atoms with Crippen LogP contribution in [0.2, 0.25) is 0 Å². The molecule has 0 unspecified atom stereocenters. The van der Waals surface area contributed by atoms with Gasteiger partial charge in [0.2, 0.25) is 5.95 Å². The second-order valence-electron chi connectivity index (χ2n) is 9.00. The van der Waals surface area contributed by atoms with E-state index in [1.54, 1.807) is 0 Å². The van der Waals surface area contributed by atoms with E-state index in [0.717, 1.165) is 18.1 Å². The molecule has 2 aliphatic heterocycles. The number of nitrogens with zero attached hydrogens (tertiary/aromatic N) is 3. The van der Waals surface area contributed by atoms with Crippen molar-refractivity contribution in [1.82, 2.24) is 9.97 Å². The molecule has 6 rings (SSSR count). The largest absolute Gasteiger partial charge is 0.394 e. The number of hydrogen-bond donors (Lipinski definition) is 2. The van der Waals surface area contributed by atoms with E-state index >= 15 is 0 Å². The van der Waals surface area contributed by atoms with Crippen molar-refractivity contribution in [3.05, 3.63) is 47.2 Å². The van der Waals surface area contributed by atoms with E-state index in [1.807, 2.05) is 0 Å². The van der Waals surface area contributed by atoms with Crippen LogP contribution >= 0.6 is 0 Å². The number of benzene rings is 1. The summed E-state index contributed by atoms with van der Waals surface area (Å²) in [6.45, 7) is 5.35. The molecule has 148 valence electrons. The fourth-order valence-electron chi connectivity index (χ4n) is 4.83. The molecule has 0 amide bonds. The van der Waals surface area contributed by atoms with E-state index in [-0.39, 0.29) is 12.6 Å². The zero-order valence-corrected chi connectivity index (χ0v) is 16.8. The summed E-state index contributed by atoms with van der Waals surface area (Å²) in [5.41, 5.74) is 4.16. The number of aliphatic hydroxyl groups excluding tert-OH is 1. The maximum Gasteiger partial charge on any atom is 0.225 e. The lowest BCUT2D eigenvalue weighted by atomic mass is 9.75. The molecule has 4 aliphatic rings. The van der Waals surface area contributed by atoms with Crippen molar-refractivity contribution in [2.24, 2.45) is 5.92 Å². The van der Waals surface area contributed by atoms with Gasteiger partial charge in [0, 0.05) is 24.4 Å². The Morgan fingerprint density at radius 2 is 1.82 bits per heavy atom. The Kier molecular flexibility index (Phi) is 4.50. The third-order valence-electron chi connectivity index (χ3n) is 6.71. The van der Waals surface area contributed by atoms with Gasteiger partial charge in [0.25, 0.3) is 0 Å². The van der Waals surface area contributed by atoms with E-state index in [4.69, 9.17) is 9.97 Å². The van der Waals surface area contributed by atoms with Gasteiger partial charge in [0.15, 0.2) is 0 Å². The molecule has 0 spiro atoms. The zero-order chi connectivity index (χ0) is 19.3. The van der Waals surface area contributed by atoms with E-state index in [9.17, 15) is 5.11 Å². The monoisotopic (exact) mass is 378 g/mol. The average molecular weight is 379 g/mol. The number of anilines is 2. The summed E-state index contributed by atoms with van der Waals surface area (Å²) in [6.07, 6.45) is 4.90. The van der Waals surface area contributed by atoms with Crippen LogP contribution < -0.4 is 10.2 Å². The van der Waals surface area contributed by atoms with Crippen molar-refractivity contribution in [3.8, 4) is 0 Å². The topological polar surface area (TPSA) is 61.3 Å². The van der Waals surface area contributed by atoms with Crippen LogP contribution in [-0.4, -0.2) is 34.3 Å². The Balaban J connectivity index is 1.50. The molecule has 1 saturated carbocycles. The number of aliphatic hydroxyl groups is 1. The van der Waals surface area contributed by atoms with Crippen molar-refractivity contribution in [1.29, 1.82) is 0 Å². The summed E-state index contributed by atoms with van der Waals surface area (Å²) < 4.78 is 0. The molecule has 5 heteroatoms. The predicted octanol–water partition coefficient (Wildman–Crippen LogP) is 4.22. The molecule has 2 fully saturated rings. The lowest BCUT2D eigenvalue weighted by Gasteiger charge is -2.47. The highest BCUT2D eigenvalue weighted by molar-refractivity contribution is 5.54. The van der Waals surface area contributed by atoms with E-state index in [1.165, 1.54) is 36.8 Å². The minimum Gasteiger partial charge on any atom is -0.394 e. The maximum atomic E-state index is 9.73. The molecule has 3 heterocycles. The van der Waals surface area contributed by atoms with Gasteiger partial charge < -0.3 is 15.3 Å². The first-order valence-electron chi connectivity index (χ1n) is 10.8. The second kappa shape index (κ2) is 7.03. The average Bonchev–Trinajstić information content (AvgIpc) is 3.57. The molecule has 2 bridgehead atoms. The van der Waals surface area contributed by atoms with E-state index in [0.29, 0.717) is 29.7 Å². The van der Waals surface area contributed by atoms with Crippen LogP contribution in [0.5, 0.6) is 0 Å². The maximum absolute atomic E-state index is 9.73. The highest BCUT2D eigenvalue weighted by Crippen LogP contribution is 2.48. The highest BCUT2D eigenvalue weighted by atomic mass is 16.3. The summed E-state index contributed by atoms with van der Waals surface area (Å²) in [6, 6.07) is 11.5. The van der Waals surface area contributed by atoms with Crippen molar-refractivity contribution in [2.75, 3.05) is 23.4 Å². The van der Waals surface area contributed by atoms with Crippen molar-refractivity contribution in [2.45, 2.75) is 63.5 Å². The summed E-state index contributed by atoms with van der Waals surface area (Å²) in [5, 5.41) is 13.1. The van der Waals surface area contributed by atoms with Gasteiger partial charge in [0.1, 0.15) is 5.82 Å². The smallest absolute Gasteiger partial charge is 0.225 e. The standard InChI is InChI=1S/C23H30N4O/c1-14(2)20(13-28)25-23-24-19(15-7-8-15)11-22(26-23)27-12-16-9-10-21(27)18-6-4-3-5-17(16)18/h3-6,11,14-16,20-21,28H,7-10,12-13H2,1-2H3,(H,24,25,26)/t16-,20+,21+/m1/s1. The summed E-state index contributed by atoms with van der Waals surface area (Å²) >= 11 is 0. The molecule has 3 atom stereocenters. The molecular weight excluding hydrogens is 348 g/mol. The number of nitrogens with one attached hydrogen (secondary N) is 1. The minimum absolute atomic E-state index is 0.0270. The number of piperidine rings is 1. The lowest BCUT2D eigenvalue weighted by Crippen LogP contribution is -2.43. The first-order valence-corrected chi connectivity index (χ1v) is 10.8. The van der Waals surface area contributed by atoms with Crippen LogP contribution in [-0.2, 0) is 0 Å². The highest BCUT2D eigenvalue weighted by Gasteiger charge is 2.39. The lowest BCUT2D eigenvalue weighted by molar-refractivity contribution is 0.248. The molecule has 28 heavy (non-hydrogen) atoms. The Hall–Kier alpha value is -2.14. The third kappa shape index (κ3) is 3.16. The fourth-order valence-corrected chi connectivity index (χ4v) is 4.83. The van der Waals surface area contributed by atoms with E-state index < -0.39 is 0 Å². The van der Waals surface area contributed by atoms with Crippen LogP contribution in [0.25, 0.3) is 0 Å². The van der Waals surface area contributed by atoms with Crippen LogP contribution in [0.3, 0.4) is 0 Å². The van der Waals surface area contributed by atoms with Gasteiger partial charge in [-0.3, -0.25) is 0 Å². The number of aromatic nitrogens is 2. The SMILES string of the molecule is CC(C)[C@H](CO)Nc1nc(C2CC2)cc(N2C[C@H]3CC[C@H]2c2ccccc23)n1. The Bertz CT molecular complexity index is 863. The van der Waals surface area contributed by atoms with Gasteiger partial charge >= 0.3 is 0 Å².